The molecule has 0 spiro atoms. The predicted molar refractivity (Wildman–Crippen MR) is 104 cm³/mol. The second kappa shape index (κ2) is 8.05. The van der Waals surface area contributed by atoms with Crippen LogP contribution in [0.1, 0.15) is 29.9 Å². The quantitative estimate of drug-likeness (QED) is 0.790. The van der Waals surface area contributed by atoms with Gasteiger partial charge in [0.1, 0.15) is 5.76 Å². The van der Waals surface area contributed by atoms with E-state index in [1.54, 1.807) is 24.3 Å². The van der Waals surface area contributed by atoms with E-state index in [0.29, 0.717) is 49.9 Å². The molecule has 1 saturated heterocycles. The van der Waals surface area contributed by atoms with Gasteiger partial charge < -0.3 is 19.8 Å². The van der Waals surface area contributed by atoms with E-state index in [9.17, 15) is 14.7 Å². The number of thiophene rings is 1. The molecule has 150 valence electrons. The lowest BCUT2D eigenvalue weighted by Gasteiger charge is -2.35. The van der Waals surface area contributed by atoms with Gasteiger partial charge in [-0.1, -0.05) is 5.16 Å². The second-order valence-electron chi connectivity index (χ2n) is 7.95. The summed E-state index contributed by atoms with van der Waals surface area (Å²) in [7, 11) is 0. The van der Waals surface area contributed by atoms with Gasteiger partial charge in [-0.2, -0.15) is 11.3 Å². The molecule has 2 aromatic rings. The first-order valence-electron chi connectivity index (χ1n) is 9.66. The Balaban J connectivity index is 1.31. The van der Waals surface area contributed by atoms with E-state index >= 15 is 0 Å². The number of rotatable bonds is 5. The molecule has 0 bridgehead atoms. The average molecular weight is 404 g/mol. The Bertz CT molecular complexity index is 834. The van der Waals surface area contributed by atoms with Crippen molar-refractivity contribution in [2.24, 2.45) is 11.8 Å². The number of carbonyl (C=O) groups excluding carboxylic acids is 2. The fourth-order valence-corrected chi connectivity index (χ4v) is 5.05. The summed E-state index contributed by atoms with van der Waals surface area (Å²) in [5.74, 6) is 1.09. The van der Waals surface area contributed by atoms with Gasteiger partial charge in [-0.25, -0.2) is 0 Å². The highest BCUT2D eigenvalue weighted by molar-refractivity contribution is 7.08. The zero-order valence-electron chi connectivity index (χ0n) is 15.8. The van der Waals surface area contributed by atoms with E-state index in [1.165, 1.54) is 0 Å². The summed E-state index contributed by atoms with van der Waals surface area (Å²) < 4.78 is 5.09. The number of aliphatic hydroxyl groups excluding tert-OH is 1. The highest BCUT2D eigenvalue weighted by Gasteiger charge is 2.43. The van der Waals surface area contributed by atoms with Gasteiger partial charge in [-0.15, -0.1) is 0 Å². The van der Waals surface area contributed by atoms with E-state index in [2.05, 4.69) is 10.5 Å². The number of carbonyl (C=O) groups is 2. The molecule has 1 aliphatic carbocycles. The molecule has 2 amide bonds. The third-order valence-corrected chi connectivity index (χ3v) is 6.52. The second-order valence-corrected chi connectivity index (χ2v) is 8.73. The zero-order valence-corrected chi connectivity index (χ0v) is 16.7. The summed E-state index contributed by atoms with van der Waals surface area (Å²) >= 11 is 1.60. The Kier molecular flexibility index (Phi) is 5.50. The van der Waals surface area contributed by atoms with Crippen molar-refractivity contribution in [3.05, 3.63) is 39.9 Å². The first kappa shape index (κ1) is 19.1. The molecule has 28 heavy (non-hydrogen) atoms. The Labute approximate surface area is 167 Å². The number of nitrogens with one attached hydrogen (secondary N) is 1. The van der Waals surface area contributed by atoms with Crippen LogP contribution in [0.5, 0.6) is 0 Å². The van der Waals surface area contributed by atoms with Gasteiger partial charge in [-0.3, -0.25) is 9.59 Å². The van der Waals surface area contributed by atoms with Crippen molar-refractivity contribution in [2.75, 3.05) is 13.1 Å². The van der Waals surface area contributed by atoms with Crippen LogP contribution in [0.15, 0.2) is 27.4 Å². The van der Waals surface area contributed by atoms with Crippen LogP contribution in [0, 0.1) is 18.8 Å². The third-order valence-electron chi connectivity index (χ3n) is 5.79. The molecule has 0 radical (unpaired) electrons. The molecule has 2 aliphatic rings. The van der Waals surface area contributed by atoms with Crippen molar-refractivity contribution >= 4 is 23.2 Å². The van der Waals surface area contributed by atoms with Gasteiger partial charge in [0.15, 0.2) is 0 Å². The minimum atomic E-state index is -0.589. The SMILES string of the molecule is Cc1cc(CC(=O)N[C@H]2C[C@H]3CN(C(=O)Cc4ccsc4)C[C@H]3C[C@@H]2O)on1. The third kappa shape index (κ3) is 4.28. The number of fused-ring (bicyclic) bond motifs is 1. The molecule has 2 fully saturated rings. The number of aromatic nitrogens is 1. The molecule has 0 unspecified atom stereocenters. The molecule has 4 rings (SSSR count). The first-order valence-corrected chi connectivity index (χ1v) is 10.6. The minimum Gasteiger partial charge on any atom is -0.391 e. The lowest BCUT2D eigenvalue weighted by molar-refractivity contribution is -0.129. The van der Waals surface area contributed by atoms with E-state index < -0.39 is 6.10 Å². The van der Waals surface area contributed by atoms with Crippen molar-refractivity contribution in [1.29, 1.82) is 0 Å². The molecule has 2 N–H and O–H groups in total. The van der Waals surface area contributed by atoms with E-state index in [4.69, 9.17) is 4.52 Å². The van der Waals surface area contributed by atoms with Gasteiger partial charge in [-0.05, 0) is 54.0 Å². The van der Waals surface area contributed by atoms with Crippen molar-refractivity contribution in [1.82, 2.24) is 15.4 Å². The van der Waals surface area contributed by atoms with Crippen molar-refractivity contribution < 1.29 is 19.2 Å². The molecule has 3 heterocycles. The molecule has 7 nitrogen and oxygen atoms in total. The fourth-order valence-electron chi connectivity index (χ4n) is 4.38. The molecule has 2 aromatic heterocycles. The molecule has 8 heteroatoms. The largest absolute Gasteiger partial charge is 0.391 e. The van der Waals surface area contributed by atoms with Gasteiger partial charge in [0.25, 0.3) is 0 Å². The minimum absolute atomic E-state index is 0.114. The van der Waals surface area contributed by atoms with Crippen LogP contribution >= 0.6 is 11.3 Å². The molecule has 1 saturated carbocycles. The number of aryl methyl sites for hydroxylation is 1. The summed E-state index contributed by atoms with van der Waals surface area (Å²) in [6, 6.07) is 3.43. The first-order chi connectivity index (χ1) is 13.5. The normalized spacial score (nSPS) is 26.9. The monoisotopic (exact) mass is 403 g/mol. The van der Waals surface area contributed by atoms with Crippen molar-refractivity contribution in [3.63, 3.8) is 0 Å². The van der Waals surface area contributed by atoms with Crippen LogP contribution in [0.4, 0.5) is 0 Å². The van der Waals surface area contributed by atoms with E-state index in [1.807, 2.05) is 21.7 Å². The van der Waals surface area contributed by atoms with Crippen LogP contribution in [-0.4, -0.2) is 52.2 Å². The van der Waals surface area contributed by atoms with Crippen LogP contribution in [0.2, 0.25) is 0 Å². The molecule has 4 atom stereocenters. The number of aliphatic hydroxyl groups is 1. The van der Waals surface area contributed by atoms with E-state index in [-0.39, 0.29) is 24.3 Å². The Morgan fingerprint density at radius 2 is 2.11 bits per heavy atom. The number of hydrogen-bond acceptors (Lipinski definition) is 6. The highest BCUT2D eigenvalue weighted by atomic mass is 32.1. The number of nitrogens with zero attached hydrogens (tertiary/aromatic N) is 2. The topological polar surface area (TPSA) is 95.7 Å². The summed E-state index contributed by atoms with van der Waals surface area (Å²) in [4.78, 5) is 26.8. The Morgan fingerprint density at radius 3 is 2.79 bits per heavy atom. The summed E-state index contributed by atoms with van der Waals surface area (Å²) in [5, 5.41) is 21.2. The number of likely N-dealkylation sites (tertiary alicyclic amines) is 1. The average Bonchev–Trinajstić information content (AvgIpc) is 3.37. The maximum atomic E-state index is 12.6. The maximum absolute atomic E-state index is 12.6. The standard InChI is InChI=1S/C20H25N3O4S/c1-12-4-16(27-22-12)8-19(25)21-17-6-14-9-23(10-15(14)7-18(17)24)20(26)5-13-2-3-28-11-13/h2-4,11,14-15,17-18,24H,5-10H2,1H3,(H,21,25)/t14-,15+,17-,18-/m0/s1. The smallest absolute Gasteiger partial charge is 0.228 e. The van der Waals surface area contributed by atoms with Crippen molar-refractivity contribution in [2.45, 2.75) is 44.8 Å². The fraction of sp³-hybridized carbons (Fsp3) is 0.550. The van der Waals surface area contributed by atoms with Crippen LogP contribution in [0.3, 0.4) is 0 Å². The maximum Gasteiger partial charge on any atom is 0.228 e. The molecule has 0 aromatic carbocycles. The van der Waals surface area contributed by atoms with Gasteiger partial charge in [0.05, 0.1) is 30.7 Å². The molecular weight excluding hydrogens is 378 g/mol. The van der Waals surface area contributed by atoms with Gasteiger partial charge >= 0.3 is 0 Å². The highest BCUT2D eigenvalue weighted by Crippen LogP contribution is 2.36. The van der Waals surface area contributed by atoms with E-state index in [0.717, 1.165) is 11.3 Å². The van der Waals surface area contributed by atoms with Crippen molar-refractivity contribution in [3.8, 4) is 0 Å². The van der Waals surface area contributed by atoms with Crippen LogP contribution in [0.25, 0.3) is 0 Å². The lowest BCUT2D eigenvalue weighted by atomic mass is 9.77. The Hall–Kier alpha value is -2.19. The van der Waals surface area contributed by atoms with Gasteiger partial charge in [0, 0.05) is 19.2 Å². The van der Waals surface area contributed by atoms with Gasteiger partial charge in [0.2, 0.25) is 11.8 Å². The Morgan fingerprint density at radius 1 is 1.32 bits per heavy atom. The van der Waals surface area contributed by atoms with Crippen LogP contribution < -0.4 is 5.32 Å². The lowest BCUT2D eigenvalue weighted by Crippen LogP contribution is -2.49. The molecular formula is C20H25N3O4S. The summed E-state index contributed by atoms with van der Waals surface area (Å²) in [6.07, 6.45) is 1.26. The summed E-state index contributed by atoms with van der Waals surface area (Å²) in [5.41, 5.74) is 1.79. The predicted octanol–water partition coefficient (Wildman–Crippen LogP) is 1.54. The zero-order chi connectivity index (χ0) is 19.7. The summed E-state index contributed by atoms with van der Waals surface area (Å²) in [6.45, 7) is 3.21. The molecule has 1 aliphatic heterocycles. The number of hydrogen-bond donors (Lipinski definition) is 2. The number of amides is 2. The van der Waals surface area contributed by atoms with Crippen LogP contribution in [-0.2, 0) is 22.4 Å².